The molecule has 2 aromatic rings. The monoisotopic (exact) mass is 339 g/mol. The Morgan fingerprint density at radius 2 is 1.88 bits per heavy atom. The molecule has 0 spiro atoms. The number of amides is 1. The van der Waals surface area contributed by atoms with Crippen LogP contribution in [0, 0.1) is 6.92 Å². The Morgan fingerprint density at radius 1 is 1.12 bits per heavy atom. The second-order valence-electron chi connectivity index (χ2n) is 6.46. The van der Waals surface area contributed by atoms with Gasteiger partial charge in [-0.1, -0.05) is 12.1 Å². The van der Waals surface area contributed by atoms with E-state index in [-0.39, 0.29) is 5.91 Å². The van der Waals surface area contributed by atoms with E-state index in [1.807, 2.05) is 17.0 Å². The summed E-state index contributed by atoms with van der Waals surface area (Å²) in [5, 5.41) is 8.50. The van der Waals surface area contributed by atoms with Gasteiger partial charge in [0.2, 0.25) is 0 Å². The van der Waals surface area contributed by atoms with Crippen molar-refractivity contribution in [1.82, 2.24) is 20.0 Å². The first kappa shape index (κ1) is 17.4. The molecule has 0 radical (unpaired) electrons. The number of anilines is 2. The molecule has 6 heteroatoms. The fourth-order valence-electron chi connectivity index (χ4n) is 3.03. The minimum absolute atomic E-state index is 0.0363. The van der Waals surface area contributed by atoms with Crippen LogP contribution in [0.15, 0.2) is 36.4 Å². The van der Waals surface area contributed by atoms with Crippen molar-refractivity contribution in [3.8, 4) is 0 Å². The van der Waals surface area contributed by atoms with Gasteiger partial charge in [0.25, 0.3) is 5.91 Å². The molecular formula is C19H25N5O. The number of likely N-dealkylation sites (N-methyl/N-ethyl adjacent to an activating group) is 1. The maximum absolute atomic E-state index is 12.6. The van der Waals surface area contributed by atoms with Crippen LogP contribution in [0.1, 0.15) is 23.0 Å². The van der Waals surface area contributed by atoms with Gasteiger partial charge in [0.1, 0.15) is 0 Å². The van der Waals surface area contributed by atoms with E-state index >= 15 is 0 Å². The molecule has 1 aromatic heterocycles. The third-order valence-corrected chi connectivity index (χ3v) is 4.57. The summed E-state index contributed by atoms with van der Waals surface area (Å²) in [7, 11) is 2.07. The molecule has 132 valence electrons. The van der Waals surface area contributed by atoms with Crippen molar-refractivity contribution in [2.45, 2.75) is 13.8 Å². The van der Waals surface area contributed by atoms with E-state index in [2.05, 4.69) is 59.1 Å². The summed E-state index contributed by atoms with van der Waals surface area (Å²) in [5.41, 5.74) is 2.69. The number of piperazine rings is 1. The van der Waals surface area contributed by atoms with Crippen molar-refractivity contribution in [3.63, 3.8) is 0 Å². The van der Waals surface area contributed by atoms with Gasteiger partial charge in [-0.25, -0.2) is 0 Å². The Bertz CT molecular complexity index is 723. The van der Waals surface area contributed by atoms with Crippen molar-refractivity contribution >= 4 is 17.4 Å². The second-order valence-corrected chi connectivity index (χ2v) is 6.46. The first-order valence-corrected chi connectivity index (χ1v) is 8.74. The fourth-order valence-corrected chi connectivity index (χ4v) is 3.03. The zero-order valence-corrected chi connectivity index (χ0v) is 15.1. The molecule has 1 aliphatic rings. The molecule has 1 fully saturated rings. The van der Waals surface area contributed by atoms with E-state index < -0.39 is 0 Å². The van der Waals surface area contributed by atoms with Crippen LogP contribution in [0.25, 0.3) is 0 Å². The normalized spacial score (nSPS) is 15.2. The molecule has 0 saturated carbocycles. The predicted octanol–water partition coefficient (Wildman–Crippen LogP) is 2.33. The smallest absolute Gasteiger partial charge is 0.274 e. The van der Waals surface area contributed by atoms with Crippen LogP contribution in [0.3, 0.4) is 0 Å². The molecule has 0 bridgehead atoms. The standard InChI is InChI=1S/C19H25N5O/c1-4-24(16-7-5-6-15(2)14-16)18-9-8-17(20-21-18)19(25)23-12-10-22(3)11-13-23/h5-9,14H,4,10-13H2,1-3H3. The lowest BCUT2D eigenvalue weighted by molar-refractivity contribution is 0.0657. The van der Waals surface area contributed by atoms with Gasteiger partial charge in [-0.3, -0.25) is 4.79 Å². The number of carbonyl (C=O) groups is 1. The maximum Gasteiger partial charge on any atom is 0.274 e. The highest BCUT2D eigenvalue weighted by atomic mass is 16.2. The highest BCUT2D eigenvalue weighted by molar-refractivity contribution is 5.92. The van der Waals surface area contributed by atoms with Gasteiger partial charge in [-0.05, 0) is 50.7 Å². The fraction of sp³-hybridized carbons (Fsp3) is 0.421. The van der Waals surface area contributed by atoms with E-state index in [9.17, 15) is 4.79 Å². The van der Waals surface area contributed by atoms with E-state index in [1.165, 1.54) is 5.56 Å². The summed E-state index contributed by atoms with van der Waals surface area (Å²) in [6.45, 7) is 8.20. The number of aromatic nitrogens is 2. The summed E-state index contributed by atoms with van der Waals surface area (Å²) >= 11 is 0. The first-order valence-electron chi connectivity index (χ1n) is 8.74. The van der Waals surface area contributed by atoms with E-state index in [0.717, 1.165) is 44.2 Å². The van der Waals surface area contributed by atoms with Crippen LogP contribution >= 0.6 is 0 Å². The zero-order chi connectivity index (χ0) is 17.8. The van der Waals surface area contributed by atoms with Crippen molar-refractivity contribution in [2.24, 2.45) is 0 Å². The van der Waals surface area contributed by atoms with Crippen LogP contribution in [0.4, 0.5) is 11.5 Å². The Morgan fingerprint density at radius 3 is 2.48 bits per heavy atom. The highest BCUT2D eigenvalue weighted by Crippen LogP contribution is 2.23. The summed E-state index contributed by atoms with van der Waals surface area (Å²) in [4.78, 5) is 18.7. The lowest BCUT2D eigenvalue weighted by Crippen LogP contribution is -2.47. The van der Waals surface area contributed by atoms with Gasteiger partial charge in [-0.15, -0.1) is 10.2 Å². The van der Waals surface area contributed by atoms with Gasteiger partial charge in [-0.2, -0.15) is 0 Å². The molecule has 1 amide bonds. The Labute approximate surface area is 149 Å². The van der Waals surface area contributed by atoms with Gasteiger partial charge < -0.3 is 14.7 Å². The van der Waals surface area contributed by atoms with Crippen molar-refractivity contribution in [2.75, 3.05) is 44.7 Å². The molecule has 6 nitrogen and oxygen atoms in total. The van der Waals surface area contributed by atoms with Crippen LogP contribution in [0.5, 0.6) is 0 Å². The van der Waals surface area contributed by atoms with E-state index in [1.54, 1.807) is 6.07 Å². The minimum atomic E-state index is -0.0363. The number of benzene rings is 1. The summed E-state index contributed by atoms with van der Waals surface area (Å²) in [5.74, 6) is 0.716. The average molecular weight is 339 g/mol. The highest BCUT2D eigenvalue weighted by Gasteiger charge is 2.22. The third kappa shape index (κ3) is 3.96. The predicted molar refractivity (Wildman–Crippen MR) is 99.3 cm³/mol. The summed E-state index contributed by atoms with van der Waals surface area (Å²) in [6, 6.07) is 11.9. The number of hydrogen-bond donors (Lipinski definition) is 0. The largest absolute Gasteiger partial charge is 0.335 e. The molecule has 2 heterocycles. The molecule has 0 aliphatic carbocycles. The molecule has 0 unspecified atom stereocenters. The molecule has 1 saturated heterocycles. The van der Waals surface area contributed by atoms with Gasteiger partial charge in [0.05, 0.1) is 0 Å². The molecule has 0 atom stereocenters. The van der Waals surface area contributed by atoms with Gasteiger partial charge in [0, 0.05) is 38.4 Å². The van der Waals surface area contributed by atoms with Gasteiger partial charge >= 0.3 is 0 Å². The van der Waals surface area contributed by atoms with Gasteiger partial charge in [0.15, 0.2) is 11.5 Å². The zero-order valence-electron chi connectivity index (χ0n) is 15.1. The summed E-state index contributed by atoms with van der Waals surface area (Å²) in [6.07, 6.45) is 0. The minimum Gasteiger partial charge on any atom is -0.335 e. The number of aryl methyl sites for hydroxylation is 1. The molecule has 1 aliphatic heterocycles. The van der Waals surface area contributed by atoms with E-state index in [0.29, 0.717) is 5.69 Å². The molecule has 3 rings (SSSR count). The van der Waals surface area contributed by atoms with Crippen LogP contribution < -0.4 is 4.90 Å². The summed E-state index contributed by atoms with van der Waals surface area (Å²) < 4.78 is 0. The lowest BCUT2D eigenvalue weighted by atomic mass is 10.2. The number of rotatable bonds is 4. The van der Waals surface area contributed by atoms with E-state index in [4.69, 9.17) is 0 Å². The topological polar surface area (TPSA) is 52.6 Å². The SMILES string of the molecule is CCN(c1cccc(C)c1)c1ccc(C(=O)N2CCN(C)CC2)nn1. The second kappa shape index (κ2) is 7.61. The Kier molecular flexibility index (Phi) is 5.28. The number of hydrogen-bond acceptors (Lipinski definition) is 5. The molecule has 25 heavy (non-hydrogen) atoms. The quantitative estimate of drug-likeness (QED) is 0.856. The molecule has 1 aromatic carbocycles. The molecule has 0 N–H and O–H groups in total. The van der Waals surface area contributed by atoms with Crippen LogP contribution in [0.2, 0.25) is 0 Å². The Balaban J connectivity index is 1.76. The lowest BCUT2D eigenvalue weighted by Gasteiger charge is -2.32. The maximum atomic E-state index is 12.6. The number of carbonyl (C=O) groups excluding carboxylic acids is 1. The average Bonchev–Trinajstić information content (AvgIpc) is 2.63. The van der Waals surface area contributed by atoms with Crippen molar-refractivity contribution in [1.29, 1.82) is 0 Å². The van der Waals surface area contributed by atoms with Crippen LogP contribution in [-0.4, -0.2) is 65.7 Å². The first-order chi connectivity index (χ1) is 12.1. The van der Waals surface area contributed by atoms with Crippen molar-refractivity contribution < 1.29 is 4.79 Å². The third-order valence-electron chi connectivity index (χ3n) is 4.57. The number of nitrogens with zero attached hydrogens (tertiary/aromatic N) is 5. The van der Waals surface area contributed by atoms with Crippen molar-refractivity contribution in [3.05, 3.63) is 47.7 Å². The Hall–Kier alpha value is -2.47. The molecular weight excluding hydrogens is 314 g/mol. The van der Waals surface area contributed by atoms with Crippen LogP contribution in [-0.2, 0) is 0 Å².